The zero-order chi connectivity index (χ0) is 19.6. The maximum Gasteiger partial charge on any atom is 0.259 e. The van der Waals surface area contributed by atoms with Crippen molar-refractivity contribution < 1.29 is 31.4 Å². The number of carbonyl (C=O) groups is 1. The highest BCUT2D eigenvalue weighted by Gasteiger charge is 2.09. The van der Waals surface area contributed by atoms with Crippen molar-refractivity contribution in [2.45, 2.75) is 103 Å². The summed E-state index contributed by atoms with van der Waals surface area (Å²) in [7, 11) is 0. The number of aryl methyl sites for hydroxylation is 1. The van der Waals surface area contributed by atoms with Crippen LogP contribution in [0.15, 0.2) is 24.5 Å². The van der Waals surface area contributed by atoms with Gasteiger partial charge in [0.05, 0.1) is 0 Å². The molecular weight excluding hydrogens is 416 g/mol. The Kier molecular flexibility index (Phi) is 18.7. The van der Waals surface area contributed by atoms with Crippen LogP contribution in [0.5, 0.6) is 0 Å². The smallest absolute Gasteiger partial charge is 0.259 e. The summed E-state index contributed by atoms with van der Waals surface area (Å²) < 4.78 is 2.06. The van der Waals surface area contributed by atoms with Crippen molar-refractivity contribution in [1.29, 1.82) is 0 Å². The van der Waals surface area contributed by atoms with Crippen molar-refractivity contribution in [3.05, 3.63) is 30.1 Å². The second-order valence-corrected chi connectivity index (χ2v) is 7.59. The summed E-state index contributed by atoms with van der Waals surface area (Å²) in [4.78, 5) is 11.7. The number of nitrogens with zero attached hydrogens (tertiary/aromatic N) is 1. The Morgan fingerprint density at radius 3 is 1.89 bits per heavy atom. The number of halogens is 1. The molecule has 162 valence electrons. The second-order valence-electron chi connectivity index (χ2n) is 7.59. The summed E-state index contributed by atoms with van der Waals surface area (Å²) in [6.07, 6.45) is 23.0. The van der Waals surface area contributed by atoms with Gasteiger partial charge in [-0.3, -0.25) is 4.79 Å². The quantitative estimate of drug-likeness (QED) is 0.214. The van der Waals surface area contributed by atoms with Crippen molar-refractivity contribution in [1.82, 2.24) is 5.32 Å². The van der Waals surface area contributed by atoms with Crippen LogP contribution < -0.4 is 26.9 Å². The molecule has 1 aromatic heterocycles. The summed E-state index contributed by atoms with van der Waals surface area (Å²) in [6, 6.07) is 3.66. The van der Waals surface area contributed by atoms with Crippen LogP contribution in [0.1, 0.15) is 107 Å². The van der Waals surface area contributed by atoms with Gasteiger partial charge in [0.15, 0.2) is 12.4 Å². The molecule has 0 aliphatic rings. The van der Waals surface area contributed by atoms with Crippen molar-refractivity contribution in [3.63, 3.8) is 0 Å². The molecule has 0 saturated heterocycles. The maximum atomic E-state index is 11.7. The lowest BCUT2D eigenvalue weighted by Gasteiger charge is -2.03. The zero-order valence-corrected chi connectivity index (χ0v) is 19.4. The number of hydrogen-bond acceptors (Lipinski definition) is 2. The van der Waals surface area contributed by atoms with E-state index in [1.54, 1.807) is 6.07 Å². The Morgan fingerprint density at radius 2 is 1.39 bits per heavy atom. The van der Waals surface area contributed by atoms with Gasteiger partial charge in [-0.25, -0.2) is 4.57 Å². The fourth-order valence-corrected chi connectivity index (χ4v) is 3.46. The molecule has 1 rings (SSSR count). The molecule has 1 heterocycles. The number of aromatic nitrogens is 1. The number of amides is 1. The average molecular weight is 457 g/mol. The van der Waals surface area contributed by atoms with Crippen molar-refractivity contribution in [3.8, 4) is 0 Å². The van der Waals surface area contributed by atoms with E-state index >= 15 is 0 Å². The average Bonchev–Trinajstić information content (AvgIpc) is 2.68. The number of nitrogens with one attached hydrogen (secondary N) is 1. The van der Waals surface area contributed by atoms with Gasteiger partial charge in [0.1, 0.15) is 18.8 Å². The first-order chi connectivity index (χ1) is 13.3. The molecule has 0 atom stereocenters. The first-order valence-electron chi connectivity index (χ1n) is 11.2. The predicted octanol–water partition coefficient (Wildman–Crippen LogP) is 2.14. The lowest BCUT2D eigenvalue weighted by atomic mass is 10.0. The molecule has 1 aromatic rings. The van der Waals surface area contributed by atoms with Gasteiger partial charge < -0.3 is 27.4 Å². The minimum absolute atomic E-state index is 0. The minimum atomic E-state index is -0.327. The van der Waals surface area contributed by atoms with Crippen molar-refractivity contribution in [2.75, 3.05) is 6.73 Å². The van der Waals surface area contributed by atoms with Gasteiger partial charge in [-0.15, -0.1) is 0 Å². The van der Waals surface area contributed by atoms with E-state index in [1.165, 1.54) is 83.5 Å². The number of carbonyl (C=O) groups excluding carboxylic acids is 1. The van der Waals surface area contributed by atoms with E-state index in [0.717, 1.165) is 13.0 Å². The Labute approximate surface area is 182 Å². The molecule has 0 saturated carbocycles. The van der Waals surface area contributed by atoms with Crippen LogP contribution in [0.2, 0.25) is 0 Å². The molecule has 0 aliphatic carbocycles. The number of aliphatic hydroxyl groups excluding tert-OH is 1. The highest BCUT2D eigenvalue weighted by atomic mass is 79.9. The van der Waals surface area contributed by atoms with Crippen LogP contribution in [0.4, 0.5) is 0 Å². The molecular formula is C23H41BrN2O2. The van der Waals surface area contributed by atoms with Crippen LogP contribution in [-0.4, -0.2) is 17.7 Å². The highest BCUT2D eigenvalue weighted by Crippen LogP contribution is 2.12. The van der Waals surface area contributed by atoms with Gasteiger partial charge in [0, 0.05) is 12.5 Å². The molecule has 0 aromatic carbocycles. The predicted molar refractivity (Wildman–Crippen MR) is 112 cm³/mol. The van der Waals surface area contributed by atoms with Crippen LogP contribution in [0.25, 0.3) is 0 Å². The van der Waals surface area contributed by atoms with Gasteiger partial charge in [0.2, 0.25) is 0 Å². The van der Waals surface area contributed by atoms with E-state index < -0.39 is 0 Å². The van der Waals surface area contributed by atoms with E-state index in [9.17, 15) is 4.79 Å². The summed E-state index contributed by atoms with van der Waals surface area (Å²) >= 11 is 0. The van der Waals surface area contributed by atoms with E-state index in [0.29, 0.717) is 5.56 Å². The van der Waals surface area contributed by atoms with Gasteiger partial charge in [-0.2, -0.15) is 0 Å². The SMILES string of the molecule is CCCCCCCCCCCCCCCC[n+]1cccc(C(=O)NCO)c1.[Br-]. The highest BCUT2D eigenvalue weighted by molar-refractivity contribution is 5.93. The van der Waals surface area contributed by atoms with Crippen LogP contribution in [0.3, 0.4) is 0 Å². The normalized spacial score (nSPS) is 10.5. The largest absolute Gasteiger partial charge is 1.00 e. The van der Waals surface area contributed by atoms with Gasteiger partial charge in [0.25, 0.3) is 5.91 Å². The molecule has 5 heteroatoms. The molecule has 1 amide bonds. The fourth-order valence-electron chi connectivity index (χ4n) is 3.46. The first-order valence-corrected chi connectivity index (χ1v) is 11.2. The fraction of sp³-hybridized carbons (Fsp3) is 0.739. The zero-order valence-electron chi connectivity index (χ0n) is 17.8. The Hall–Kier alpha value is -0.940. The lowest BCUT2D eigenvalue weighted by Crippen LogP contribution is -3.00. The van der Waals surface area contributed by atoms with E-state index in [2.05, 4.69) is 16.8 Å². The van der Waals surface area contributed by atoms with Crippen LogP contribution >= 0.6 is 0 Å². The molecule has 0 radical (unpaired) electrons. The molecule has 0 bridgehead atoms. The molecule has 4 nitrogen and oxygen atoms in total. The summed E-state index contributed by atoms with van der Waals surface area (Å²) in [5, 5.41) is 11.2. The molecule has 0 fully saturated rings. The Balaban J connectivity index is 0.00000729. The molecule has 28 heavy (non-hydrogen) atoms. The molecule has 0 unspecified atom stereocenters. The summed E-state index contributed by atoms with van der Waals surface area (Å²) in [6.45, 7) is 2.89. The lowest BCUT2D eigenvalue weighted by molar-refractivity contribution is -0.697. The van der Waals surface area contributed by atoms with Crippen molar-refractivity contribution >= 4 is 5.91 Å². The topological polar surface area (TPSA) is 53.2 Å². The molecule has 0 aliphatic heterocycles. The Bertz CT molecular complexity index is 497. The van der Waals surface area contributed by atoms with E-state index in [1.807, 2.05) is 18.5 Å². The first kappa shape index (κ1) is 27.1. The number of aliphatic hydroxyl groups is 1. The van der Waals surface area contributed by atoms with Gasteiger partial charge in [-0.05, 0) is 12.5 Å². The van der Waals surface area contributed by atoms with E-state index in [4.69, 9.17) is 5.11 Å². The third kappa shape index (κ3) is 14.1. The van der Waals surface area contributed by atoms with Crippen molar-refractivity contribution in [2.24, 2.45) is 0 Å². The number of pyridine rings is 1. The van der Waals surface area contributed by atoms with Gasteiger partial charge in [-0.1, -0.05) is 84.0 Å². The standard InChI is InChI=1S/C23H40N2O2.BrH/c1-2-3-4-5-6-7-8-9-10-11-12-13-14-15-18-25-19-16-17-22(20-25)23(27)24-21-26;/h16-17,19-20,26H,2-15,18,21H2,1H3;1H. The number of unbranched alkanes of at least 4 members (excludes halogenated alkanes) is 13. The summed E-state index contributed by atoms with van der Waals surface area (Å²) in [5.74, 6) is -0.229. The van der Waals surface area contributed by atoms with E-state index in [-0.39, 0.29) is 29.6 Å². The maximum absolute atomic E-state index is 11.7. The minimum Gasteiger partial charge on any atom is -1.00 e. The Morgan fingerprint density at radius 1 is 0.893 bits per heavy atom. The monoisotopic (exact) mass is 456 g/mol. The number of rotatable bonds is 17. The number of hydrogen-bond donors (Lipinski definition) is 2. The van der Waals surface area contributed by atoms with Gasteiger partial charge >= 0.3 is 0 Å². The van der Waals surface area contributed by atoms with Crippen LogP contribution in [-0.2, 0) is 6.54 Å². The second kappa shape index (κ2) is 19.4. The summed E-state index contributed by atoms with van der Waals surface area (Å²) in [5.41, 5.74) is 0.594. The molecule has 0 spiro atoms. The third-order valence-electron chi connectivity index (χ3n) is 5.13. The molecule has 2 N–H and O–H groups in total. The third-order valence-corrected chi connectivity index (χ3v) is 5.13. The van der Waals surface area contributed by atoms with Crippen LogP contribution in [0, 0.1) is 0 Å².